The van der Waals surface area contributed by atoms with Crippen LogP contribution in [0.4, 0.5) is 0 Å². The third kappa shape index (κ3) is 65.8. The van der Waals surface area contributed by atoms with E-state index in [1.54, 1.807) is 0 Å². The van der Waals surface area contributed by atoms with Crippen molar-refractivity contribution in [1.29, 1.82) is 0 Å². The lowest BCUT2D eigenvalue weighted by Gasteiger charge is -2.21. The van der Waals surface area contributed by atoms with E-state index < -0.39 is 97.5 Å². The van der Waals surface area contributed by atoms with E-state index in [1.807, 2.05) is 0 Å². The molecule has 4 unspecified atom stereocenters. The molecule has 17 nitrogen and oxygen atoms in total. The average molecular weight is 1370 g/mol. The Morgan fingerprint density at radius 3 is 0.763 bits per heavy atom. The van der Waals surface area contributed by atoms with Crippen molar-refractivity contribution in [1.82, 2.24) is 0 Å². The van der Waals surface area contributed by atoms with E-state index >= 15 is 0 Å². The van der Waals surface area contributed by atoms with Crippen LogP contribution in [-0.2, 0) is 65.4 Å². The predicted octanol–water partition coefficient (Wildman–Crippen LogP) is 21.6. The van der Waals surface area contributed by atoms with Crippen molar-refractivity contribution >= 4 is 39.5 Å². The molecular weight excluding hydrogens is 1220 g/mol. The van der Waals surface area contributed by atoms with Crippen molar-refractivity contribution < 1.29 is 80.2 Å². The minimum atomic E-state index is -4.96. The summed E-state index contributed by atoms with van der Waals surface area (Å²) in [6.45, 7) is 9.57. The smallest absolute Gasteiger partial charge is 0.462 e. The Morgan fingerprint density at radius 2 is 0.516 bits per heavy atom. The highest BCUT2D eigenvalue weighted by Gasteiger charge is 2.30. The van der Waals surface area contributed by atoms with Crippen LogP contribution in [0.1, 0.15) is 382 Å². The van der Waals surface area contributed by atoms with Crippen LogP contribution in [0.15, 0.2) is 0 Å². The number of ether oxygens (including phenoxy) is 4. The molecule has 0 spiro atoms. The number of aliphatic hydroxyl groups excluding tert-OH is 1. The summed E-state index contributed by atoms with van der Waals surface area (Å²) in [7, 11) is -9.90. The lowest BCUT2D eigenvalue weighted by Crippen LogP contribution is -2.30. The maximum absolute atomic E-state index is 13.1. The second-order valence-electron chi connectivity index (χ2n) is 27.2. The van der Waals surface area contributed by atoms with Gasteiger partial charge in [0.1, 0.15) is 19.3 Å². The Balaban J connectivity index is 5.22. The Bertz CT molecular complexity index is 1810. The van der Waals surface area contributed by atoms with Gasteiger partial charge in [-0.3, -0.25) is 37.3 Å². The topological polar surface area (TPSA) is 237 Å². The second-order valence-corrected chi connectivity index (χ2v) is 30.1. The van der Waals surface area contributed by atoms with Crippen LogP contribution < -0.4 is 0 Å². The van der Waals surface area contributed by atoms with Gasteiger partial charge in [0.15, 0.2) is 12.2 Å². The monoisotopic (exact) mass is 1370 g/mol. The van der Waals surface area contributed by atoms with Crippen LogP contribution in [-0.4, -0.2) is 96.7 Å². The van der Waals surface area contributed by atoms with Crippen molar-refractivity contribution in [3.8, 4) is 0 Å². The van der Waals surface area contributed by atoms with Gasteiger partial charge in [0.05, 0.1) is 26.4 Å². The molecule has 0 aliphatic heterocycles. The zero-order chi connectivity index (χ0) is 68.6. The van der Waals surface area contributed by atoms with Crippen LogP contribution in [0.25, 0.3) is 0 Å². The maximum Gasteiger partial charge on any atom is 0.472 e. The number of carbonyl (C=O) groups excluding carboxylic acids is 4. The van der Waals surface area contributed by atoms with Gasteiger partial charge in [-0.15, -0.1) is 0 Å². The van der Waals surface area contributed by atoms with Crippen LogP contribution in [0.3, 0.4) is 0 Å². The number of rotatable bonds is 73. The summed E-state index contributed by atoms with van der Waals surface area (Å²) in [6.07, 6.45) is 52.7. The van der Waals surface area contributed by atoms with E-state index in [4.69, 9.17) is 37.0 Å². The summed E-state index contributed by atoms with van der Waals surface area (Å²) in [4.78, 5) is 72.6. The first kappa shape index (κ1) is 91.1. The first-order chi connectivity index (χ1) is 44.9. The molecule has 0 aliphatic carbocycles. The number of phosphoric ester groups is 2. The van der Waals surface area contributed by atoms with Gasteiger partial charge < -0.3 is 33.8 Å². The lowest BCUT2D eigenvalue weighted by molar-refractivity contribution is -0.161. The number of esters is 4. The van der Waals surface area contributed by atoms with Crippen molar-refractivity contribution in [2.24, 2.45) is 11.8 Å². The number of phosphoric acid groups is 2. The fourth-order valence-electron chi connectivity index (χ4n) is 11.2. The number of carbonyl (C=O) groups is 4. The van der Waals surface area contributed by atoms with Crippen LogP contribution in [0, 0.1) is 11.8 Å². The van der Waals surface area contributed by atoms with Gasteiger partial charge in [0, 0.05) is 25.7 Å². The molecule has 0 aromatic carbocycles. The Labute approximate surface area is 568 Å². The van der Waals surface area contributed by atoms with Crippen molar-refractivity contribution in [2.75, 3.05) is 39.6 Å². The summed E-state index contributed by atoms with van der Waals surface area (Å²) in [5.41, 5.74) is 0. The van der Waals surface area contributed by atoms with E-state index in [0.29, 0.717) is 25.7 Å². The second kappa shape index (κ2) is 66.0. The van der Waals surface area contributed by atoms with Gasteiger partial charge in [0.25, 0.3) is 0 Å². The van der Waals surface area contributed by atoms with Crippen LogP contribution in [0.2, 0.25) is 0 Å². The number of hydrogen-bond acceptors (Lipinski definition) is 15. The summed E-state index contributed by atoms with van der Waals surface area (Å²) >= 11 is 0. The lowest BCUT2D eigenvalue weighted by atomic mass is 9.99. The molecule has 3 N–H and O–H groups in total. The van der Waals surface area contributed by atoms with E-state index in [1.165, 1.54) is 199 Å². The number of hydrogen-bond donors (Lipinski definition) is 3. The molecule has 0 aliphatic rings. The highest BCUT2D eigenvalue weighted by Crippen LogP contribution is 2.45. The van der Waals surface area contributed by atoms with Crippen LogP contribution in [0.5, 0.6) is 0 Å². The minimum Gasteiger partial charge on any atom is -0.462 e. The maximum atomic E-state index is 13.1. The fraction of sp³-hybridized carbons (Fsp3) is 0.946. The zero-order valence-electron chi connectivity index (χ0n) is 60.6. The molecule has 7 atom stereocenters. The number of unbranched alkanes of at least 4 members (excludes halogenated alkanes) is 41. The third-order valence-corrected chi connectivity index (χ3v) is 19.8. The molecule has 0 bridgehead atoms. The molecule has 0 amide bonds. The van der Waals surface area contributed by atoms with Gasteiger partial charge in [-0.1, -0.05) is 330 Å². The van der Waals surface area contributed by atoms with E-state index in [2.05, 4.69) is 41.5 Å². The molecule has 0 radical (unpaired) electrons. The Morgan fingerprint density at radius 1 is 0.301 bits per heavy atom. The predicted molar refractivity (Wildman–Crippen MR) is 377 cm³/mol. The van der Waals surface area contributed by atoms with Gasteiger partial charge in [-0.05, 0) is 37.5 Å². The highest BCUT2D eigenvalue weighted by molar-refractivity contribution is 7.47. The molecule has 19 heteroatoms. The molecule has 0 aromatic rings. The van der Waals surface area contributed by atoms with Gasteiger partial charge in [-0.2, -0.15) is 0 Å². The molecule has 0 aromatic heterocycles. The summed E-state index contributed by atoms with van der Waals surface area (Å²) in [5.74, 6) is -0.555. The third-order valence-electron chi connectivity index (χ3n) is 17.9. The van der Waals surface area contributed by atoms with Crippen molar-refractivity contribution in [3.63, 3.8) is 0 Å². The molecule has 0 saturated heterocycles. The molecule has 93 heavy (non-hydrogen) atoms. The fourth-order valence-corrected chi connectivity index (χ4v) is 12.8. The minimum absolute atomic E-state index is 0.103. The van der Waals surface area contributed by atoms with Gasteiger partial charge in [0.2, 0.25) is 0 Å². The van der Waals surface area contributed by atoms with E-state index in [0.717, 1.165) is 102 Å². The van der Waals surface area contributed by atoms with Crippen molar-refractivity contribution in [2.45, 2.75) is 400 Å². The SMILES string of the molecule is CCCCCCCCCCCCCCCCCCC(=O)OC[C@H](COP(=O)(O)OC[C@@H](O)COP(=O)(O)OC[C@@H](COC(=O)CCCCCCCCCCC)OC(=O)CCCCCCCCC(C)CC)OC(=O)CCCCCCCCCCCCCCCCC(C)CC. The average Bonchev–Trinajstić information content (AvgIpc) is 2.37. The quantitative estimate of drug-likeness (QED) is 0.0222. The van der Waals surface area contributed by atoms with Gasteiger partial charge >= 0.3 is 39.5 Å². The van der Waals surface area contributed by atoms with E-state index in [-0.39, 0.29) is 25.7 Å². The molecule has 552 valence electrons. The normalized spacial score (nSPS) is 14.6. The zero-order valence-corrected chi connectivity index (χ0v) is 62.3. The van der Waals surface area contributed by atoms with Gasteiger partial charge in [-0.25, -0.2) is 9.13 Å². The molecule has 0 fully saturated rings. The first-order valence-electron chi connectivity index (χ1n) is 38.6. The summed E-state index contributed by atoms with van der Waals surface area (Å²) in [6, 6.07) is 0. The standard InChI is InChI=1S/C74H144O17P2/c1-7-11-13-15-17-19-20-21-22-23-27-30-34-38-45-51-57-72(77)85-62-69(90-73(78)58-52-46-39-35-31-28-25-24-26-29-33-36-42-48-54-66(5)9-3)64-88-92(80,81)86-60-68(75)61-87-93(82,83)89-65-70(63-84-71(76)56-50-44-37-32-18-16-14-12-8-2)91-74(79)59-53-47-41-40-43-49-55-67(6)10-4/h66-70,75H,7-65H2,1-6H3,(H,80,81)(H,82,83)/t66?,67?,68-,69-,70-/m1/s1. The largest absolute Gasteiger partial charge is 0.472 e. The molecule has 0 heterocycles. The molecular formula is C74H144O17P2. The Kier molecular flexibility index (Phi) is 64.6. The molecule has 0 saturated carbocycles. The number of aliphatic hydroxyl groups is 1. The first-order valence-corrected chi connectivity index (χ1v) is 41.6. The van der Waals surface area contributed by atoms with E-state index in [9.17, 15) is 43.2 Å². The summed E-state index contributed by atoms with van der Waals surface area (Å²) in [5, 5.41) is 10.6. The Hall–Kier alpha value is -1.94. The molecule has 0 rings (SSSR count). The summed E-state index contributed by atoms with van der Waals surface area (Å²) < 4.78 is 68.4. The van der Waals surface area contributed by atoms with Crippen molar-refractivity contribution in [3.05, 3.63) is 0 Å². The van der Waals surface area contributed by atoms with Crippen LogP contribution >= 0.6 is 15.6 Å². The highest BCUT2D eigenvalue weighted by atomic mass is 31.2.